The molecule has 4 nitrogen and oxygen atoms in total. The minimum atomic E-state index is -0.109. The van der Waals surface area contributed by atoms with E-state index in [1.54, 1.807) is 7.05 Å². The summed E-state index contributed by atoms with van der Waals surface area (Å²) in [5, 5.41) is 11.7. The molecule has 17 heavy (non-hydrogen) atoms. The Kier molecular flexibility index (Phi) is 3.64. The number of nitrogens with zero attached hydrogens (tertiary/aromatic N) is 1. The lowest BCUT2D eigenvalue weighted by atomic mass is 10.1. The zero-order chi connectivity index (χ0) is 12.3. The van der Waals surface area contributed by atoms with Crippen LogP contribution in [0.4, 0.5) is 4.79 Å². The molecule has 1 aromatic carbocycles. The highest BCUT2D eigenvalue weighted by Gasteiger charge is 2.39. The van der Waals surface area contributed by atoms with E-state index in [2.05, 4.69) is 17.4 Å². The Bertz CT molecular complexity index is 380. The standard InChI is InChI=1S/C13H18N2O2/c1-15(7-8-16)13(17)14-12-9-11(12)10-5-3-2-4-6-10/h2-6,11-12,16H,7-9H2,1H3,(H,14,17). The smallest absolute Gasteiger partial charge is 0.317 e. The number of carbonyl (C=O) groups excluding carboxylic acids is 1. The van der Waals surface area contributed by atoms with Gasteiger partial charge in [0.2, 0.25) is 0 Å². The molecular weight excluding hydrogens is 216 g/mol. The maximum absolute atomic E-state index is 11.7. The first-order valence-corrected chi connectivity index (χ1v) is 5.90. The molecule has 1 fully saturated rings. The van der Waals surface area contributed by atoms with E-state index < -0.39 is 0 Å². The number of urea groups is 1. The summed E-state index contributed by atoms with van der Waals surface area (Å²) in [6.45, 7) is 0.366. The molecule has 0 heterocycles. The summed E-state index contributed by atoms with van der Waals surface area (Å²) in [7, 11) is 1.69. The van der Waals surface area contributed by atoms with Crippen molar-refractivity contribution < 1.29 is 9.90 Å². The molecule has 2 N–H and O–H groups in total. The Morgan fingerprint density at radius 1 is 1.47 bits per heavy atom. The first kappa shape index (κ1) is 11.9. The number of nitrogens with one attached hydrogen (secondary N) is 1. The van der Waals surface area contributed by atoms with E-state index in [1.165, 1.54) is 10.5 Å². The van der Waals surface area contributed by atoms with E-state index in [1.807, 2.05) is 18.2 Å². The van der Waals surface area contributed by atoms with Crippen molar-refractivity contribution in [3.05, 3.63) is 35.9 Å². The van der Waals surface area contributed by atoms with Crippen molar-refractivity contribution in [3.8, 4) is 0 Å². The number of hydrogen-bond acceptors (Lipinski definition) is 2. The average molecular weight is 234 g/mol. The monoisotopic (exact) mass is 234 g/mol. The summed E-state index contributed by atoms with van der Waals surface area (Å²) in [4.78, 5) is 13.2. The second-order valence-electron chi connectivity index (χ2n) is 4.45. The lowest BCUT2D eigenvalue weighted by Crippen LogP contribution is -2.40. The van der Waals surface area contributed by atoms with E-state index >= 15 is 0 Å². The quantitative estimate of drug-likeness (QED) is 0.822. The number of benzene rings is 1. The second kappa shape index (κ2) is 5.19. The van der Waals surface area contributed by atoms with Crippen molar-refractivity contribution in [1.29, 1.82) is 0 Å². The number of hydrogen-bond donors (Lipinski definition) is 2. The number of carbonyl (C=O) groups is 1. The van der Waals surface area contributed by atoms with Crippen LogP contribution in [0.5, 0.6) is 0 Å². The number of likely N-dealkylation sites (N-methyl/N-ethyl adjacent to an activating group) is 1. The first-order valence-electron chi connectivity index (χ1n) is 5.90. The molecule has 1 aromatic rings. The molecule has 2 atom stereocenters. The van der Waals surface area contributed by atoms with Crippen molar-refractivity contribution in [2.24, 2.45) is 0 Å². The van der Waals surface area contributed by atoms with Crippen LogP contribution in [0.15, 0.2) is 30.3 Å². The van der Waals surface area contributed by atoms with Gasteiger partial charge in [0, 0.05) is 25.6 Å². The van der Waals surface area contributed by atoms with Crippen LogP contribution >= 0.6 is 0 Å². The maximum Gasteiger partial charge on any atom is 0.317 e. The van der Waals surface area contributed by atoms with Crippen molar-refractivity contribution in [2.45, 2.75) is 18.4 Å². The summed E-state index contributed by atoms with van der Waals surface area (Å²) < 4.78 is 0. The normalized spacial score (nSPS) is 22.0. The SMILES string of the molecule is CN(CCO)C(=O)NC1CC1c1ccccc1. The average Bonchev–Trinajstić information content (AvgIpc) is 3.10. The molecule has 0 aliphatic heterocycles. The van der Waals surface area contributed by atoms with Crippen LogP contribution in [-0.2, 0) is 0 Å². The van der Waals surface area contributed by atoms with Gasteiger partial charge in [-0.05, 0) is 12.0 Å². The maximum atomic E-state index is 11.7. The zero-order valence-corrected chi connectivity index (χ0v) is 9.97. The summed E-state index contributed by atoms with van der Waals surface area (Å²) >= 11 is 0. The van der Waals surface area contributed by atoms with Gasteiger partial charge >= 0.3 is 6.03 Å². The van der Waals surface area contributed by atoms with Crippen LogP contribution in [0.3, 0.4) is 0 Å². The van der Waals surface area contributed by atoms with E-state index in [0.29, 0.717) is 12.5 Å². The topological polar surface area (TPSA) is 52.6 Å². The third-order valence-corrected chi connectivity index (χ3v) is 3.11. The van der Waals surface area contributed by atoms with Crippen molar-refractivity contribution in [3.63, 3.8) is 0 Å². The number of amides is 2. The van der Waals surface area contributed by atoms with Gasteiger partial charge in [-0.25, -0.2) is 4.79 Å². The van der Waals surface area contributed by atoms with E-state index in [4.69, 9.17) is 5.11 Å². The first-order chi connectivity index (χ1) is 8.22. The highest BCUT2D eigenvalue weighted by atomic mass is 16.3. The molecule has 0 radical (unpaired) electrons. The van der Waals surface area contributed by atoms with E-state index in [9.17, 15) is 4.79 Å². The van der Waals surface area contributed by atoms with Crippen LogP contribution in [0.2, 0.25) is 0 Å². The van der Waals surface area contributed by atoms with Gasteiger partial charge < -0.3 is 15.3 Å². The van der Waals surface area contributed by atoms with E-state index in [0.717, 1.165) is 6.42 Å². The highest BCUT2D eigenvalue weighted by Crippen LogP contribution is 2.40. The summed E-state index contributed by atoms with van der Waals surface area (Å²) in [6.07, 6.45) is 1.00. The fourth-order valence-corrected chi connectivity index (χ4v) is 1.94. The molecule has 0 spiro atoms. The lowest BCUT2D eigenvalue weighted by Gasteiger charge is -2.16. The van der Waals surface area contributed by atoms with Crippen molar-refractivity contribution in [1.82, 2.24) is 10.2 Å². The molecule has 2 amide bonds. The molecule has 92 valence electrons. The van der Waals surface area contributed by atoms with Gasteiger partial charge in [0.25, 0.3) is 0 Å². The van der Waals surface area contributed by atoms with E-state index in [-0.39, 0.29) is 18.7 Å². The summed E-state index contributed by atoms with van der Waals surface area (Å²) in [5.74, 6) is 0.447. The lowest BCUT2D eigenvalue weighted by molar-refractivity contribution is 0.190. The molecular formula is C13H18N2O2. The third-order valence-electron chi connectivity index (χ3n) is 3.11. The second-order valence-corrected chi connectivity index (χ2v) is 4.45. The predicted molar refractivity (Wildman–Crippen MR) is 65.8 cm³/mol. The molecule has 1 saturated carbocycles. The fourth-order valence-electron chi connectivity index (χ4n) is 1.94. The number of rotatable bonds is 4. The molecule has 0 bridgehead atoms. The Hall–Kier alpha value is -1.55. The molecule has 2 rings (SSSR count). The van der Waals surface area contributed by atoms with Gasteiger partial charge in [0.1, 0.15) is 0 Å². The third kappa shape index (κ3) is 2.97. The van der Waals surface area contributed by atoms with Gasteiger partial charge in [-0.2, -0.15) is 0 Å². The Morgan fingerprint density at radius 2 is 2.18 bits per heavy atom. The van der Waals surface area contributed by atoms with Gasteiger partial charge in [0.05, 0.1) is 6.61 Å². The highest BCUT2D eigenvalue weighted by molar-refractivity contribution is 5.74. The van der Waals surface area contributed by atoms with Crippen LogP contribution in [0.1, 0.15) is 17.9 Å². The van der Waals surface area contributed by atoms with Crippen LogP contribution in [0, 0.1) is 0 Å². The van der Waals surface area contributed by atoms with Crippen molar-refractivity contribution >= 4 is 6.03 Å². The minimum absolute atomic E-state index is 0.00327. The largest absolute Gasteiger partial charge is 0.395 e. The van der Waals surface area contributed by atoms with Crippen LogP contribution in [-0.4, -0.2) is 42.3 Å². The molecule has 1 aliphatic carbocycles. The Balaban J connectivity index is 1.82. The number of aliphatic hydroxyl groups excluding tert-OH is 1. The van der Waals surface area contributed by atoms with Gasteiger partial charge in [0.15, 0.2) is 0 Å². The number of aliphatic hydroxyl groups is 1. The Labute approximate surface area is 101 Å². The summed E-state index contributed by atoms with van der Waals surface area (Å²) in [5.41, 5.74) is 1.28. The molecule has 1 aliphatic rings. The van der Waals surface area contributed by atoms with Crippen LogP contribution in [0.25, 0.3) is 0 Å². The molecule has 4 heteroatoms. The van der Waals surface area contributed by atoms with Gasteiger partial charge in [-0.3, -0.25) is 0 Å². The van der Waals surface area contributed by atoms with Crippen molar-refractivity contribution in [2.75, 3.05) is 20.2 Å². The summed E-state index contributed by atoms with van der Waals surface area (Å²) in [6, 6.07) is 10.3. The van der Waals surface area contributed by atoms with Gasteiger partial charge in [-0.1, -0.05) is 30.3 Å². The fraction of sp³-hybridized carbons (Fsp3) is 0.462. The minimum Gasteiger partial charge on any atom is -0.395 e. The van der Waals surface area contributed by atoms with Crippen LogP contribution < -0.4 is 5.32 Å². The van der Waals surface area contributed by atoms with Gasteiger partial charge in [-0.15, -0.1) is 0 Å². The molecule has 0 aromatic heterocycles. The molecule has 2 unspecified atom stereocenters. The zero-order valence-electron chi connectivity index (χ0n) is 9.97. The predicted octanol–water partition coefficient (Wildman–Crippen LogP) is 1.18. The Morgan fingerprint density at radius 3 is 2.82 bits per heavy atom. The molecule has 0 saturated heterocycles.